The van der Waals surface area contributed by atoms with E-state index in [-0.39, 0.29) is 41.2 Å². The summed E-state index contributed by atoms with van der Waals surface area (Å²) in [7, 11) is 0. The molecule has 0 bridgehead atoms. The molecule has 1 aromatic rings. The monoisotopic (exact) mass is 618 g/mol. The fourth-order valence-corrected chi connectivity index (χ4v) is 11.3. The summed E-state index contributed by atoms with van der Waals surface area (Å²) in [6, 6.07) is 7.07. The number of amides is 2. The number of benzene rings is 1. The van der Waals surface area contributed by atoms with Crippen molar-refractivity contribution in [2.24, 2.45) is 46.3 Å². The van der Waals surface area contributed by atoms with Crippen LogP contribution in [-0.4, -0.2) is 48.0 Å². The van der Waals surface area contributed by atoms with Gasteiger partial charge in [-0.3, -0.25) is 9.59 Å². The van der Waals surface area contributed by atoms with E-state index >= 15 is 0 Å². The van der Waals surface area contributed by atoms with Gasteiger partial charge in [0.1, 0.15) is 12.2 Å². The zero-order chi connectivity index (χ0) is 31.6. The molecule has 7 heteroatoms. The van der Waals surface area contributed by atoms with Gasteiger partial charge in [-0.15, -0.1) is 0 Å². The average Bonchev–Trinajstić information content (AvgIpc) is 3.45. The number of nitrogens with one attached hydrogen (secondary N) is 2. The van der Waals surface area contributed by atoms with Crippen LogP contribution in [0.1, 0.15) is 97.5 Å². The van der Waals surface area contributed by atoms with Gasteiger partial charge in [0.05, 0.1) is 12.7 Å². The van der Waals surface area contributed by atoms with Crippen LogP contribution in [0.3, 0.4) is 0 Å². The molecule has 3 saturated carbocycles. The number of phenolic OH excluding ortho intramolecular Hbond substituents is 1. The van der Waals surface area contributed by atoms with Crippen LogP contribution in [0.15, 0.2) is 35.9 Å². The number of aromatic hydroxyl groups is 1. The van der Waals surface area contributed by atoms with Crippen molar-refractivity contribution < 1.29 is 24.2 Å². The minimum Gasteiger partial charge on any atom is -0.508 e. The minimum atomic E-state index is -0.352. The van der Waals surface area contributed by atoms with Crippen molar-refractivity contribution >= 4 is 11.8 Å². The van der Waals surface area contributed by atoms with Crippen molar-refractivity contribution in [3.05, 3.63) is 41.5 Å². The fraction of sp³-hybridized carbons (Fsp3) is 0.737. The van der Waals surface area contributed by atoms with Gasteiger partial charge in [0, 0.05) is 24.9 Å². The van der Waals surface area contributed by atoms with Gasteiger partial charge in [-0.2, -0.15) is 0 Å². The van der Waals surface area contributed by atoms with E-state index in [1.807, 2.05) is 12.1 Å². The summed E-state index contributed by atoms with van der Waals surface area (Å²) in [6.07, 6.45) is 13.5. The molecule has 1 spiro atoms. The molecule has 2 amide bonds. The van der Waals surface area contributed by atoms with Crippen LogP contribution in [0.25, 0.3) is 0 Å². The van der Waals surface area contributed by atoms with Gasteiger partial charge < -0.3 is 25.2 Å². The second kappa shape index (κ2) is 11.7. The minimum absolute atomic E-state index is 0.0986. The van der Waals surface area contributed by atoms with E-state index in [2.05, 4.69) is 44.4 Å². The molecule has 0 radical (unpaired) electrons. The highest BCUT2D eigenvalue weighted by Gasteiger charge is 2.68. The van der Waals surface area contributed by atoms with E-state index < -0.39 is 0 Å². The van der Waals surface area contributed by atoms with Crippen LogP contribution in [-0.2, 0) is 25.5 Å². The van der Waals surface area contributed by atoms with Gasteiger partial charge in [0.15, 0.2) is 5.79 Å². The van der Waals surface area contributed by atoms with E-state index in [4.69, 9.17) is 9.47 Å². The van der Waals surface area contributed by atoms with Crippen molar-refractivity contribution in [1.82, 2.24) is 10.6 Å². The predicted octanol–water partition coefficient (Wildman–Crippen LogP) is 6.29. The lowest BCUT2D eigenvalue weighted by molar-refractivity contribution is -0.272. The maximum absolute atomic E-state index is 12.8. The van der Waals surface area contributed by atoms with E-state index in [0.717, 1.165) is 44.3 Å². The van der Waals surface area contributed by atoms with Crippen molar-refractivity contribution in [3.63, 3.8) is 0 Å². The van der Waals surface area contributed by atoms with Crippen LogP contribution in [0.2, 0.25) is 0 Å². The molecular weight excluding hydrogens is 564 g/mol. The summed E-state index contributed by atoms with van der Waals surface area (Å²) in [4.78, 5) is 25.3. The first kappa shape index (κ1) is 31.2. The van der Waals surface area contributed by atoms with Crippen LogP contribution in [0, 0.1) is 46.3 Å². The molecule has 7 nitrogen and oxygen atoms in total. The summed E-state index contributed by atoms with van der Waals surface area (Å²) < 4.78 is 13.5. The third kappa shape index (κ3) is 5.44. The quantitative estimate of drug-likeness (QED) is 0.257. The lowest BCUT2D eigenvalue weighted by atomic mass is 9.46. The van der Waals surface area contributed by atoms with Crippen molar-refractivity contribution in [3.8, 4) is 5.75 Å². The Morgan fingerprint density at radius 3 is 2.56 bits per heavy atom. The summed E-state index contributed by atoms with van der Waals surface area (Å²) in [6.45, 7) is 11.1. The maximum Gasteiger partial charge on any atom is 0.229 e. The molecule has 6 aliphatic rings. The highest BCUT2D eigenvalue weighted by atomic mass is 16.7. The number of rotatable bonds is 6. The third-order valence-electron chi connectivity index (χ3n) is 13.7. The number of hydrogen-bond acceptors (Lipinski definition) is 5. The Hall–Kier alpha value is -2.38. The number of carbonyl (C=O) groups excluding carboxylic acids is 2. The number of carbonyl (C=O) groups is 2. The molecule has 11 atom stereocenters. The topological polar surface area (TPSA) is 96.9 Å². The normalized spacial score (nSPS) is 43.4. The lowest BCUT2D eigenvalue weighted by Gasteiger charge is -2.58. The molecule has 7 rings (SSSR count). The Labute approximate surface area is 269 Å². The first-order valence-corrected chi connectivity index (χ1v) is 17.9. The zero-order valence-electron chi connectivity index (χ0n) is 27.8. The summed E-state index contributed by atoms with van der Waals surface area (Å²) in [5, 5.41) is 15.5. The van der Waals surface area contributed by atoms with Crippen molar-refractivity contribution in [2.45, 2.75) is 116 Å². The summed E-state index contributed by atoms with van der Waals surface area (Å²) >= 11 is 0. The lowest BCUT2D eigenvalue weighted by Crippen LogP contribution is -2.53. The molecule has 45 heavy (non-hydrogen) atoms. The molecule has 2 saturated heterocycles. The number of phenols is 1. The number of fused-ring (bicyclic) bond motifs is 7. The van der Waals surface area contributed by atoms with E-state index in [1.165, 1.54) is 31.3 Å². The predicted molar refractivity (Wildman–Crippen MR) is 173 cm³/mol. The molecule has 3 N–H and O–H groups in total. The summed E-state index contributed by atoms with van der Waals surface area (Å²) in [5.74, 6) is 3.22. The average molecular weight is 619 g/mol. The molecule has 1 aromatic carbocycles. The largest absolute Gasteiger partial charge is 0.508 e. The second-order valence-electron chi connectivity index (χ2n) is 16.2. The molecular formula is C38H54N2O5. The number of ether oxygens (including phenoxy) is 2. The molecule has 4 aliphatic carbocycles. The first-order chi connectivity index (χ1) is 21.5. The van der Waals surface area contributed by atoms with Gasteiger partial charge in [-0.1, -0.05) is 51.5 Å². The van der Waals surface area contributed by atoms with Gasteiger partial charge in [-0.25, -0.2) is 0 Å². The van der Waals surface area contributed by atoms with E-state index in [9.17, 15) is 14.7 Å². The van der Waals surface area contributed by atoms with Crippen molar-refractivity contribution in [2.75, 3.05) is 13.2 Å². The Balaban J connectivity index is 0.941. The number of allylic oxidation sites excluding steroid dienone is 1. The molecule has 5 fully saturated rings. The molecule has 0 aromatic heterocycles. The van der Waals surface area contributed by atoms with Crippen LogP contribution in [0.4, 0.5) is 0 Å². The van der Waals surface area contributed by atoms with Gasteiger partial charge in [0.2, 0.25) is 11.8 Å². The number of hydrogen-bond donors (Lipinski definition) is 3. The Kier molecular flexibility index (Phi) is 8.12. The SMILES string of the molecule is C[C@@H]1CC[C@@]2(OC1)O[C@H]1C[C@H]3[C@@H]4CC=C5CC(NC(=O)CC(=O)NCCc6ccc(O)cc6)CC[C@]5(C)[C@H]4CC[C@]3(C)[C@H]1[C@@H]2C. The van der Waals surface area contributed by atoms with Crippen molar-refractivity contribution in [1.29, 1.82) is 0 Å². The zero-order valence-corrected chi connectivity index (χ0v) is 27.8. The standard InChI is InChI=1S/C38H54N2O5/c1-23-11-17-38(44-22-23)24(2)35-32(45-38)20-31-29-10-7-26-19-27(12-15-36(26,3)30(29)13-16-37(31,35)4)40-34(43)21-33(42)39-18-14-25-5-8-28(41)9-6-25/h5-9,23-24,27,29-32,35,41H,10-22H2,1-4H3,(H,39,42)(H,40,43)/t23-,24+,27?,29-,30+,31+,32+,35+,36+,37+,38-/m1/s1. The van der Waals surface area contributed by atoms with E-state index in [0.29, 0.717) is 60.0 Å². The smallest absolute Gasteiger partial charge is 0.229 e. The Bertz CT molecular complexity index is 1320. The van der Waals surface area contributed by atoms with Gasteiger partial charge in [0.25, 0.3) is 0 Å². The highest BCUT2D eigenvalue weighted by Crippen LogP contribution is 2.70. The van der Waals surface area contributed by atoms with Crippen LogP contribution in [0.5, 0.6) is 5.75 Å². The Morgan fingerprint density at radius 1 is 1.00 bits per heavy atom. The van der Waals surface area contributed by atoms with Crippen LogP contribution >= 0.6 is 0 Å². The third-order valence-corrected chi connectivity index (χ3v) is 13.7. The van der Waals surface area contributed by atoms with E-state index in [1.54, 1.807) is 12.1 Å². The fourth-order valence-electron chi connectivity index (χ4n) is 11.3. The second-order valence-corrected chi connectivity index (χ2v) is 16.2. The van der Waals surface area contributed by atoms with Crippen LogP contribution < -0.4 is 10.6 Å². The van der Waals surface area contributed by atoms with Gasteiger partial charge in [-0.05, 0) is 116 Å². The molecule has 2 aliphatic heterocycles. The van der Waals surface area contributed by atoms with Gasteiger partial charge >= 0.3 is 0 Å². The molecule has 246 valence electrons. The first-order valence-electron chi connectivity index (χ1n) is 17.9. The highest BCUT2D eigenvalue weighted by molar-refractivity contribution is 5.97. The Morgan fingerprint density at radius 2 is 1.80 bits per heavy atom. The summed E-state index contributed by atoms with van der Waals surface area (Å²) in [5.41, 5.74) is 3.09. The maximum atomic E-state index is 12.8. The molecule has 1 unspecified atom stereocenters. The molecule has 2 heterocycles.